The largest absolute Gasteiger partial charge is 0.424 e. The molecule has 0 aliphatic carbocycles. The third-order valence-corrected chi connectivity index (χ3v) is 5.41. The molecule has 0 saturated carbocycles. The molecule has 0 aliphatic rings. The van der Waals surface area contributed by atoms with Gasteiger partial charge in [0.2, 0.25) is 0 Å². The summed E-state index contributed by atoms with van der Waals surface area (Å²) in [6.45, 7) is 5.27. The Morgan fingerprint density at radius 1 is 1.07 bits per heavy atom. The number of carbonyl (C=O) groups is 1. The summed E-state index contributed by atoms with van der Waals surface area (Å²) in [7, 11) is 0. The van der Waals surface area contributed by atoms with Crippen molar-refractivity contribution < 1.29 is 9.53 Å². The van der Waals surface area contributed by atoms with Gasteiger partial charge in [0.1, 0.15) is 11.2 Å². The molecule has 0 radical (unpaired) electrons. The third kappa shape index (κ3) is 2.68. The van der Waals surface area contributed by atoms with E-state index < -0.39 is 5.97 Å². The van der Waals surface area contributed by atoms with Gasteiger partial charge in [0.05, 0.1) is 17.2 Å². The first-order valence-electron chi connectivity index (χ1n) is 9.18. The van der Waals surface area contributed by atoms with E-state index in [0.717, 1.165) is 28.1 Å². The van der Waals surface area contributed by atoms with Crippen molar-refractivity contribution in [3.63, 3.8) is 0 Å². The fourth-order valence-corrected chi connectivity index (χ4v) is 3.85. The van der Waals surface area contributed by atoms with Crippen molar-refractivity contribution in [1.29, 1.82) is 0 Å². The smallest absolute Gasteiger partial charge is 0.308 e. The van der Waals surface area contributed by atoms with Gasteiger partial charge in [-0.15, -0.1) is 0 Å². The average molecular weight is 405 g/mol. The van der Waals surface area contributed by atoms with Crippen molar-refractivity contribution in [2.75, 3.05) is 0 Å². The molecule has 5 aromatic rings. The first-order chi connectivity index (χ1) is 13.9. The first kappa shape index (κ1) is 17.7. The number of esters is 1. The Kier molecular flexibility index (Phi) is 3.86. The highest BCUT2D eigenvalue weighted by atomic mass is 35.5. The minimum absolute atomic E-state index is 0.402. The second-order valence-electron chi connectivity index (χ2n) is 7.01. The van der Waals surface area contributed by atoms with Crippen LogP contribution in [0.5, 0.6) is 5.75 Å². The lowest BCUT2D eigenvalue weighted by atomic mass is 10.2. The van der Waals surface area contributed by atoms with Gasteiger partial charge in [0.15, 0.2) is 17.0 Å². The maximum Gasteiger partial charge on any atom is 0.308 e. The van der Waals surface area contributed by atoms with Gasteiger partial charge in [-0.1, -0.05) is 29.8 Å². The predicted octanol–water partition coefficient (Wildman–Crippen LogP) is 5.02. The number of imidazole rings is 1. The van der Waals surface area contributed by atoms with Gasteiger partial charge >= 0.3 is 5.97 Å². The number of ether oxygens (including phenoxy) is 1. The molecule has 0 aliphatic heterocycles. The zero-order chi connectivity index (χ0) is 20.3. The molecule has 3 aromatic heterocycles. The Bertz CT molecular complexity index is 1450. The molecule has 5 rings (SSSR count). The lowest BCUT2D eigenvalue weighted by Gasteiger charge is -2.08. The van der Waals surface area contributed by atoms with E-state index in [4.69, 9.17) is 26.3 Å². The number of carbonyl (C=O) groups excluding carboxylic acids is 1. The van der Waals surface area contributed by atoms with E-state index in [1.54, 1.807) is 6.20 Å². The van der Waals surface area contributed by atoms with Crippen LogP contribution in [0.1, 0.15) is 18.3 Å². The van der Waals surface area contributed by atoms with Crippen molar-refractivity contribution in [3.05, 3.63) is 65.1 Å². The molecule has 0 atom stereocenters. The van der Waals surface area contributed by atoms with E-state index in [-0.39, 0.29) is 0 Å². The van der Waals surface area contributed by atoms with Gasteiger partial charge in [-0.2, -0.15) is 0 Å². The highest BCUT2D eigenvalue weighted by molar-refractivity contribution is 6.31. The highest BCUT2D eigenvalue weighted by Crippen LogP contribution is 2.35. The summed E-state index contributed by atoms with van der Waals surface area (Å²) >= 11 is 6.35. The number of halogens is 1. The Labute approximate surface area is 171 Å². The molecule has 3 heterocycles. The van der Waals surface area contributed by atoms with Gasteiger partial charge in [0.25, 0.3) is 0 Å². The van der Waals surface area contributed by atoms with E-state index in [1.165, 1.54) is 6.92 Å². The minimum Gasteiger partial charge on any atom is -0.424 e. The molecule has 29 heavy (non-hydrogen) atoms. The monoisotopic (exact) mass is 404 g/mol. The van der Waals surface area contributed by atoms with Crippen LogP contribution in [0.3, 0.4) is 0 Å². The van der Waals surface area contributed by atoms with Crippen molar-refractivity contribution in [2.45, 2.75) is 20.8 Å². The van der Waals surface area contributed by atoms with Crippen LogP contribution in [0.4, 0.5) is 0 Å². The lowest BCUT2D eigenvalue weighted by Crippen LogP contribution is -2.02. The van der Waals surface area contributed by atoms with Crippen LogP contribution in [-0.2, 0) is 4.79 Å². The molecular formula is C22H17ClN4O2. The minimum atomic E-state index is -0.402. The SMILES string of the molecule is CC(=O)Oc1cn(-c2ccc(C)c(Cl)c2)c2nc(C)n3c4ccccc4nc3c12. The van der Waals surface area contributed by atoms with Crippen LogP contribution in [0.15, 0.2) is 48.7 Å². The molecule has 2 aromatic carbocycles. The zero-order valence-electron chi connectivity index (χ0n) is 16.1. The number of nitrogens with zero attached hydrogens (tertiary/aromatic N) is 4. The van der Waals surface area contributed by atoms with Crippen molar-refractivity contribution in [1.82, 2.24) is 18.9 Å². The molecule has 0 fully saturated rings. The second kappa shape index (κ2) is 6.32. The zero-order valence-corrected chi connectivity index (χ0v) is 16.9. The fourth-order valence-electron chi connectivity index (χ4n) is 3.68. The standard InChI is InChI=1S/C22H17ClN4O2/c1-12-8-9-15(10-16(12)23)26-11-19(29-14(3)28)20-21(26)24-13(2)27-18-7-5-4-6-17(18)25-22(20)27/h4-11H,1-3H3. The van der Waals surface area contributed by atoms with E-state index in [9.17, 15) is 4.79 Å². The average Bonchev–Trinajstić information content (AvgIpc) is 3.22. The first-order valence-corrected chi connectivity index (χ1v) is 9.55. The van der Waals surface area contributed by atoms with Crippen LogP contribution >= 0.6 is 11.6 Å². The van der Waals surface area contributed by atoms with Crippen LogP contribution in [-0.4, -0.2) is 24.9 Å². The lowest BCUT2D eigenvalue weighted by molar-refractivity contribution is -0.131. The Balaban J connectivity index is 1.93. The van der Waals surface area contributed by atoms with Crippen LogP contribution in [0, 0.1) is 13.8 Å². The van der Waals surface area contributed by atoms with Crippen molar-refractivity contribution in [3.8, 4) is 11.4 Å². The normalized spacial score (nSPS) is 11.6. The van der Waals surface area contributed by atoms with Gasteiger partial charge in [-0.25, -0.2) is 9.97 Å². The summed E-state index contributed by atoms with van der Waals surface area (Å²) in [6.07, 6.45) is 1.76. The number of aromatic nitrogens is 4. The van der Waals surface area contributed by atoms with Gasteiger partial charge in [-0.3, -0.25) is 13.8 Å². The number of rotatable bonds is 2. The molecule has 0 bridgehead atoms. The maximum atomic E-state index is 11.8. The van der Waals surface area contributed by atoms with Gasteiger partial charge in [0, 0.05) is 17.6 Å². The summed E-state index contributed by atoms with van der Waals surface area (Å²) in [5, 5.41) is 1.33. The number of aryl methyl sites for hydroxylation is 2. The van der Waals surface area contributed by atoms with E-state index in [0.29, 0.717) is 27.5 Å². The van der Waals surface area contributed by atoms with Crippen LogP contribution < -0.4 is 4.74 Å². The Hall–Kier alpha value is -3.38. The number of benzene rings is 2. The molecule has 6 nitrogen and oxygen atoms in total. The van der Waals surface area contributed by atoms with Crippen LogP contribution in [0.25, 0.3) is 33.4 Å². The summed E-state index contributed by atoms with van der Waals surface area (Å²) in [6, 6.07) is 13.6. The third-order valence-electron chi connectivity index (χ3n) is 5.01. The molecule has 0 spiro atoms. The maximum absolute atomic E-state index is 11.8. The molecule has 0 N–H and O–H groups in total. The Morgan fingerprint density at radius 2 is 1.86 bits per heavy atom. The molecule has 0 unspecified atom stereocenters. The molecule has 0 amide bonds. The fraction of sp³-hybridized carbons (Fsp3) is 0.136. The molecule has 0 saturated heterocycles. The quantitative estimate of drug-likeness (QED) is 0.387. The summed E-state index contributed by atoms with van der Waals surface area (Å²) in [4.78, 5) is 21.4. The number of fused-ring (bicyclic) bond motifs is 5. The summed E-state index contributed by atoms with van der Waals surface area (Å²) < 4.78 is 9.41. The van der Waals surface area contributed by atoms with Gasteiger partial charge in [-0.05, 0) is 43.7 Å². The van der Waals surface area contributed by atoms with E-state index in [1.807, 2.05) is 65.3 Å². The highest BCUT2D eigenvalue weighted by Gasteiger charge is 2.21. The van der Waals surface area contributed by atoms with Crippen LogP contribution in [0.2, 0.25) is 5.02 Å². The van der Waals surface area contributed by atoms with Crippen molar-refractivity contribution >= 4 is 45.3 Å². The van der Waals surface area contributed by atoms with E-state index in [2.05, 4.69) is 0 Å². The second-order valence-corrected chi connectivity index (χ2v) is 7.41. The van der Waals surface area contributed by atoms with Crippen molar-refractivity contribution in [2.24, 2.45) is 0 Å². The molecule has 7 heteroatoms. The van der Waals surface area contributed by atoms with E-state index >= 15 is 0 Å². The summed E-state index contributed by atoms with van der Waals surface area (Å²) in [5.74, 6) is 0.797. The topological polar surface area (TPSA) is 61.4 Å². The molecule has 144 valence electrons. The predicted molar refractivity (Wildman–Crippen MR) is 113 cm³/mol. The molecular weight excluding hydrogens is 388 g/mol. The number of para-hydroxylation sites is 2. The number of hydrogen-bond donors (Lipinski definition) is 0. The van der Waals surface area contributed by atoms with Gasteiger partial charge < -0.3 is 4.74 Å². The summed E-state index contributed by atoms with van der Waals surface area (Å²) in [5.41, 5.74) is 4.97. The number of hydrogen-bond acceptors (Lipinski definition) is 4. The Morgan fingerprint density at radius 3 is 2.62 bits per heavy atom.